The van der Waals surface area contributed by atoms with Crippen LogP contribution in [0.3, 0.4) is 0 Å². The van der Waals surface area contributed by atoms with E-state index in [0.717, 1.165) is 12.2 Å². The molecule has 2 aromatic rings. The van der Waals surface area contributed by atoms with E-state index in [1.54, 1.807) is 18.2 Å². The van der Waals surface area contributed by atoms with E-state index in [1.165, 1.54) is 22.3 Å². The second kappa shape index (κ2) is 5.91. The Bertz CT molecular complexity index is 830. The van der Waals surface area contributed by atoms with Crippen molar-refractivity contribution in [2.45, 2.75) is 19.3 Å². The molecule has 0 radical (unpaired) electrons. The van der Waals surface area contributed by atoms with Crippen LogP contribution in [-0.2, 0) is 21.8 Å². The fourth-order valence-corrected chi connectivity index (χ4v) is 8.32. The Morgan fingerprint density at radius 3 is 2.57 bits per heavy atom. The summed E-state index contributed by atoms with van der Waals surface area (Å²) in [5, 5.41) is 0. The first-order valence-electron chi connectivity index (χ1n) is 8.18. The number of benzene rings is 2. The molecule has 115 valence electrons. The minimum atomic E-state index is -1.51. The van der Waals surface area contributed by atoms with Gasteiger partial charge in [0.2, 0.25) is 0 Å². The van der Waals surface area contributed by atoms with Crippen molar-refractivity contribution in [2.75, 3.05) is 7.11 Å². The second-order valence-corrected chi connectivity index (χ2v) is 13.2. The third kappa shape index (κ3) is 2.31. The number of hydrogen-bond donors (Lipinski definition) is 0. The van der Waals surface area contributed by atoms with Gasteiger partial charge in [-0.1, -0.05) is 0 Å². The van der Waals surface area contributed by atoms with Gasteiger partial charge in [-0.2, -0.15) is 0 Å². The molecule has 2 aliphatic carbocycles. The molecule has 1 unspecified atom stereocenters. The fraction of sp³-hybridized carbons (Fsp3) is 0.238. The van der Waals surface area contributed by atoms with Gasteiger partial charge in [0.15, 0.2) is 0 Å². The molecule has 0 amide bonds. The predicted molar refractivity (Wildman–Crippen MR) is 93.7 cm³/mol. The van der Waals surface area contributed by atoms with Crippen molar-refractivity contribution in [2.24, 2.45) is 0 Å². The van der Waals surface area contributed by atoms with Crippen LogP contribution in [0.1, 0.15) is 26.7 Å². The molecule has 1 nitrogen and oxygen atoms in total. The molecule has 2 aliphatic rings. The van der Waals surface area contributed by atoms with E-state index >= 15 is 0 Å². The minimum absolute atomic E-state index is 0.634. The predicted octanol–water partition coefficient (Wildman–Crippen LogP) is 5.82. The summed E-state index contributed by atoms with van der Waals surface area (Å²) in [7, 11) is 1.79. The molecule has 23 heavy (non-hydrogen) atoms. The van der Waals surface area contributed by atoms with Crippen LogP contribution in [0.2, 0.25) is 9.26 Å². The van der Waals surface area contributed by atoms with Crippen molar-refractivity contribution >= 4 is 5.57 Å². The van der Waals surface area contributed by atoms with Gasteiger partial charge in [-0.25, -0.2) is 0 Å². The molecule has 2 aromatic carbocycles. The molecule has 0 aliphatic heterocycles. The molecular formula is C21H21OZr. The van der Waals surface area contributed by atoms with Crippen LogP contribution < -0.4 is 4.74 Å². The maximum absolute atomic E-state index is 5.76. The van der Waals surface area contributed by atoms with E-state index in [-0.39, 0.29) is 0 Å². The van der Waals surface area contributed by atoms with Gasteiger partial charge in [0.05, 0.1) is 0 Å². The molecule has 0 N–H and O–H groups in total. The summed E-state index contributed by atoms with van der Waals surface area (Å²) in [6.45, 7) is 0. The van der Waals surface area contributed by atoms with E-state index in [4.69, 9.17) is 4.74 Å². The Hall–Kier alpha value is -1.40. The van der Waals surface area contributed by atoms with E-state index in [9.17, 15) is 0 Å². The zero-order valence-electron chi connectivity index (χ0n) is 13.9. The van der Waals surface area contributed by atoms with Crippen molar-refractivity contribution in [1.29, 1.82) is 0 Å². The van der Waals surface area contributed by atoms with Crippen LogP contribution in [0.4, 0.5) is 0 Å². The van der Waals surface area contributed by atoms with Gasteiger partial charge in [-0.3, -0.25) is 0 Å². The van der Waals surface area contributed by atoms with Crippen LogP contribution in [0.25, 0.3) is 16.7 Å². The number of allylic oxidation sites excluding steroid dienone is 4. The number of methoxy groups -OCH3 is 1. The first-order chi connectivity index (χ1) is 11.2. The molecule has 0 heterocycles. The van der Waals surface area contributed by atoms with Gasteiger partial charge >= 0.3 is 147 Å². The molecule has 0 bridgehead atoms. The summed E-state index contributed by atoms with van der Waals surface area (Å²) in [5.74, 6) is 1.03. The summed E-state index contributed by atoms with van der Waals surface area (Å²) in [6.07, 6.45) is 7.68. The Morgan fingerprint density at radius 2 is 1.87 bits per heavy atom. The molecule has 0 saturated heterocycles. The zero-order chi connectivity index (χ0) is 16.0. The van der Waals surface area contributed by atoms with Crippen LogP contribution >= 0.6 is 0 Å². The molecule has 0 spiro atoms. The summed E-state index contributed by atoms with van der Waals surface area (Å²) in [4.78, 5) is 0. The Labute approximate surface area is 146 Å². The van der Waals surface area contributed by atoms with Crippen molar-refractivity contribution in [1.82, 2.24) is 0 Å². The molecule has 4 rings (SSSR count). The molecule has 0 fully saturated rings. The fourth-order valence-electron chi connectivity index (χ4n) is 4.02. The van der Waals surface area contributed by atoms with Gasteiger partial charge in [0, 0.05) is 0 Å². The normalized spacial score (nSPS) is 17.7. The number of ether oxygens (including phenoxy) is 1. The van der Waals surface area contributed by atoms with Gasteiger partial charge in [-0.15, -0.1) is 0 Å². The monoisotopic (exact) mass is 379 g/mol. The number of fused-ring (bicyclic) bond motifs is 3. The average molecular weight is 381 g/mol. The maximum atomic E-state index is 5.76. The van der Waals surface area contributed by atoms with E-state index in [1.807, 2.05) is 0 Å². The van der Waals surface area contributed by atoms with Crippen molar-refractivity contribution in [3.05, 3.63) is 71.3 Å². The molecule has 0 saturated carbocycles. The zero-order valence-corrected chi connectivity index (χ0v) is 16.3. The summed E-state index contributed by atoms with van der Waals surface area (Å²) in [5.41, 5.74) is 8.71. The van der Waals surface area contributed by atoms with E-state index in [0.29, 0.717) is 3.63 Å². The van der Waals surface area contributed by atoms with E-state index in [2.05, 4.69) is 63.9 Å². The summed E-state index contributed by atoms with van der Waals surface area (Å²) >= 11 is -1.51. The van der Waals surface area contributed by atoms with Crippen molar-refractivity contribution in [3.8, 4) is 16.9 Å². The Morgan fingerprint density at radius 1 is 1.04 bits per heavy atom. The summed E-state index contributed by atoms with van der Waals surface area (Å²) < 4.78 is 11.4. The molecule has 1 atom stereocenters. The SMILES string of the molecule is COc1ccc2c(c1C1=CC=CC1)[CH]([Zr]([CH3])[CH3])c1ccccc1-2. The Kier molecular flexibility index (Phi) is 3.89. The van der Waals surface area contributed by atoms with Gasteiger partial charge < -0.3 is 0 Å². The quantitative estimate of drug-likeness (QED) is 0.651. The van der Waals surface area contributed by atoms with Crippen LogP contribution in [0.5, 0.6) is 5.75 Å². The van der Waals surface area contributed by atoms with E-state index < -0.39 is 21.8 Å². The molecule has 0 aromatic heterocycles. The summed E-state index contributed by atoms with van der Waals surface area (Å²) in [6, 6.07) is 13.4. The van der Waals surface area contributed by atoms with Crippen LogP contribution in [-0.4, -0.2) is 7.11 Å². The van der Waals surface area contributed by atoms with Crippen LogP contribution in [0, 0.1) is 0 Å². The molecular weight excluding hydrogens is 359 g/mol. The topological polar surface area (TPSA) is 9.23 Å². The van der Waals surface area contributed by atoms with Gasteiger partial charge in [0.25, 0.3) is 0 Å². The number of rotatable bonds is 3. The average Bonchev–Trinajstić information content (AvgIpc) is 3.19. The van der Waals surface area contributed by atoms with Crippen molar-refractivity contribution < 1.29 is 26.5 Å². The van der Waals surface area contributed by atoms with Gasteiger partial charge in [-0.05, 0) is 0 Å². The van der Waals surface area contributed by atoms with Gasteiger partial charge in [0.1, 0.15) is 0 Å². The standard InChI is InChI=1S/C19H15O.2CH3.Zr/c1-20-18-11-10-16-15-9-5-4-8-14(15)12-17(16)19(18)13-6-2-3-7-13;;;/h2-6,8-12H,7H2,1H3;2*1H3;. The first kappa shape index (κ1) is 15.1. The number of hydrogen-bond acceptors (Lipinski definition) is 1. The first-order valence-corrected chi connectivity index (χ1v) is 14.5. The third-order valence-corrected chi connectivity index (χ3v) is 9.26. The van der Waals surface area contributed by atoms with Crippen molar-refractivity contribution in [3.63, 3.8) is 0 Å². The van der Waals surface area contributed by atoms with Crippen LogP contribution in [0.15, 0.2) is 54.6 Å². The third-order valence-electron chi connectivity index (χ3n) is 4.95. The second-order valence-electron chi connectivity index (χ2n) is 6.53. The Balaban J connectivity index is 2.03. The molecule has 2 heteroatoms.